The van der Waals surface area contributed by atoms with Gasteiger partial charge in [0.2, 0.25) is 0 Å². The van der Waals surface area contributed by atoms with Crippen LogP contribution >= 0.6 is 31.9 Å². The summed E-state index contributed by atoms with van der Waals surface area (Å²) < 4.78 is 6.68. The highest BCUT2D eigenvalue weighted by Crippen LogP contribution is 2.16. The molecule has 2 aliphatic rings. The lowest BCUT2D eigenvalue weighted by molar-refractivity contribution is 0.534. The van der Waals surface area contributed by atoms with Crippen molar-refractivity contribution in [1.82, 2.24) is 96.3 Å². The molecule has 10 rings (SSSR count). The Morgan fingerprint density at radius 2 is 1.02 bits per heavy atom. The fraction of sp³-hybridized carbons (Fsp3) is 0.222. The molecule has 0 unspecified atom stereocenters. The zero-order chi connectivity index (χ0) is 40.3. The molecule has 0 aliphatic carbocycles. The Labute approximate surface area is 351 Å². The lowest BCUT2D eigenvalue weighted by Crippen LogP contribution is -2.44. The quantitative estimate of drug-likeness (QED) is 0.186. The maximum Gasteiger partial charge on any atom is 0.157 e. The molecule has 2 aliphatic heterocycles. The van der Waals surface area contributed by atoms with E-state index in [9.17, 15) is 0 Å². The van der Waals surface area contributed by atoms with Crippen molar-refractivity contribution in [3.8, 4) is 17.5 Å². The van der Waals surface area contributed by atoms with Gasteiger partial charge in [0.15, 0.2) is 23.3 Å². The number of H-pyrrole nitrogens is 1. The molecular formula is C36H42Br2N20. The lowest BCUT2D eigenvalue weighted by atomic mass is 10.3. The van der Waals surface area contributed by atoms with Crippen LogP contribution in [0.3, 0.4) is 0 Å². The molecule has 0 radical (unpaired) electrons. The summed E-state index contributed by atoms with van der Waals surface area (Å²) in [6.45, 7) is 8.49. The molecule has 8 aromatic heterocycles. The summed E-state index contributed by atoms with van der Waals surface area (Å²) in [5, 5.41) is 42.2. The van der Waals surface area contributed by atoms with Gasteiger partial charge in [0.25, 0.3) is 0 Å². The largest absolute Gasteiger partial charge is 0.353 e. The Hall–Kier alpha value is -6.20. The van der Waals surface area contributed by atoms with Crippen LogP contribution in [0.2, 0.25) is 0 Å². The molecule has 8 aromatic rings. The number of anilines is 1. The first-order valence-electron chi connectivity index (χ1n) is 18.0. The number of pyridine rings is 4. The van der Waals surface area contributed by atoms with Crippen molar-refractivity contribution in [3.05, 3.63) is 144 Å². The molecule has 300 valence electrons. The van der Waals surface area contributed by atoms with E-state index in [1.165, 1.54) is 0 Å². The fourth-order valence-electron chi connectivity index (χ4n) is 4.77. The van der Waals surface area contributed by atoms with Gasteiger partial charge in [-0.05, 0) is 80.4 Å². The van der Waals surface area contributed by atoms with Crippen molar-refractivity contribution in [3.63, 3.8) is 0 Å². The number of piperazine rings is 2. The summed E-state index contributed by atoms with van der Waals surface area (Å²) in [4.78, 5) is 18.7. The topological polar surface area (TPSA) is 225 Å². The molecule has 0 saturated carbocycles. The van der Waals surface area contributed by atoms with Crippen LogP contribution in [0, 0.1) is 0 Å². The summed E-state index contributed by atoms with van der Waals surface area (Å²) in [5.41, 5.74) is 0. The Morgan fingerprint density at radius 3 is 1.45 bits per heavy atom. The van der Waals surface area contributed by atoms with Gasteiger partial charge in [-0.25, -0.2) is 24.6 Å². The van der Waals surface area contributed by atoms with Crippen LogP contribution in [0.25, 0.3) is 17.5 Å². The second-order valence-corrected chi connectivity index (χ2v) is 13.1. The van der Waals surface area contributed by atoms with Crippen LogP contribution in [-0.2, 0) is 0 Å². The first-order valence-corrected chi connectivity index (χ1v) is 19.6. The molecule has 2 fully saturated rings. The van der Waals surface area contributed by atoms with Crippen LogP contribution in [0.4, 0.5) is 5.82 Å². The molecule has 0 spiro atoms. The van der Waals surface area contributed by atoms with Crippen molar-refractivity contribution in [1.29, 1.82) is 0 Å². The molecule has 0 amide bonds. The second kappa shape index (κ2) is 25.9. The van der Waals surface area contributed by atoms with Gasteiger partial charge >= 0.3 is 0 Å². The first-order chi connectivity index (χ1) is 28.7. The summed E-state index contributed by atoms with van der Waals surface area (Å²) in [7, 11) is 0. The number of nitrogens with zero attached hydrogens (tertiary/aromatic N) is 16. The van der Waals surface area contributed by atoms with Crippen molar-refractivity contribution in [2.24, 2.45) is 0 Å². The van der Waals surface area contributed by atoms with Gasteiger partial charge in [0, 0.05) is 77.1 Å². The van der Waals surface area contributed by atoms with Crippen molar-refractivity contribution >= 4 is 37.7 Å². The molecular weight excluding hydrogens is 872 g/mol. The van der Waals surface area contributed by atoms with Gasteiger partial charge in [-0.2, -0.15) is 24.8 Å². The number of aromatic amines is 1. The highest BCUT2D eigenvalue weighted by molar-refractivity contribution is 9.10. The monoisotopic (exact) mass is 912 g/mol. The van der Waals surface area contributed by atoms with E-state index in [1.807, 2.05) is 72.8 Å². The van der Waals surface area contributed by atoms with Crippen LogP contribution in [0.5, 0.6) is 0 Å². The van der Waals surface area contributed by atoms with Crippen LogP contribution in [-0.4, -0.2) is 133 Å². The number of aromatic nitrogens is 16. The molecule has 10 heterocycles. The van der Waals surface area contributed by atoms with Gasteiger partial charge in [0.1, 0.15) is 9.21 Å². The van der Waals surface area contributed by atoms with Gasteiger partial charge in [0.05, 0.1) is 37.2 Å². The summed E-state index contributed by atoms with van der Waals surface area (Å²) in [6.07, 6.45) is 16.9. The number of hydrogen-bond acceptors (Lipinski definition) is 16. The van der Waals surface area contributed by atoms with Gasteiger partial charge in [-0.15, -0.1) is 15.3 Å². The predicted molar refractivity (Wildman–Crippen MR) is 224 cm³/mol. The van der Waals surface area contributed by atoms with E-state index >= 15 is 0 Å². The Kier molecular flexibility index (Phi) is 19.1. The third kappa shape index (κ3) is 15.4. The summed E-state index contributed by atoms with van der Waals surface area (Å²) >= 11 is 6.50. The second-order valence-electron chi connectivity index (χ2n) is 11.4. The van der Waals surface area contributed by atoms with Gasteiger partial charge < -0.3 is 20.9 Å². The Bertz CT molecular complexity index is 2120. The molecule has 2 saturated heterocycles. The van der Waals surface area contributed by atoms with Crippen LogP contribution < -0.4 is 20.9 Å². The van der Waals surface area contributed by atoms with E-state index in [0.29, 0.717) is 0 Å². The maximum absolute atomic E-state index is 4.29. The van der Waals surface area contributed by atoms with E-state index in [4.69, 9.17) is 0 Å². The number of nitrogens with one attached hydrogen (secondary N) is 4. The van der Waals surface area contributed by atoms with E-state index in [-0.39, 0.29) is 0 Å². The average molecular weight is 915 g/mol. The van der Waals surface area contributed by atoms with Crippen molar-refractivity contribution in [2.45, 2.75) is 0 Å². The summed E-state index contributed by atoms with van der Waals surface area (Å²) in [5.74, 6) is 3.34. The third-order valence-corrected chi connectivity index (χ3v) is 8.45. The molecule has 22 heteroatoms. The maximum atomic E-state index is 4.29. The Morgan fingerprint density at radius 1 is 0.483 bits per heavy atom. The minimum absolute atomic E-state index is 0.752. The predicted octanol–water partition coefficient (Wildman–Crippen LogP) is 2.99. The van der Waals surface area contributed by atoms with E-state index in [0.717, 1.165) is 84.8 Å². The number of rotatable bonds is 4. The average Bonchev–Trinajstić information content (AvgIpc) is 4.17. The first kappa shape index (κ1) is 42.9. The summed E-state index contributed by atoms with van der Waals surface area (Å²) in [6, 6.07) is 22.7. The van der Waals surface area contributed by atoms with Gasteiger partial charge in [-0.3, -0.25) is 0 Å². The standard InChI is InChI=1S/C11H14N6.C7H5BrN4.C7H6N4.C5H4BrN.C4H10N2.C2H3N3/c1-2-4-13-10(3-1)17-11(9-14-15-17)16-7-5-12-6-8-16;8-6-5-10-11-12(6)7-3-1-2-4-9-7;1-2-4-8-7(3-1)11-6-5-9-10-11;6-5-3-1-2-4-7-5;1-2-6-4-3-5-1;1-2-4-5-3-1/h1-4,9,12H,5-8H2;1-5H;1-6H;1-4H;5-6H,1-4H2;1-2H,(H,3,4,5). The minimum atomic E-state index is 0.752. The fourth-order valence-corrected chi connectivity index (χ4v) is 5.38. The molecule has 58 heavy (non-hydrogen) atoms. The lowest BCUT2D eigenvalue weighted by Gasteiger charge is -2.28. The smallest absolute Gasteiger partial charge is 0.157 e. The van der Waals surface area contributed by atoms with E-state index in [2.05, 4.69) is 119 Å². The molecule has 0 atom stereocenters. The number of hydrogen-bond donors (Lipinski definition) is 4. The van der Waals surface area contributed by atoms with Crippen LogP contribution in [0.1, 0.15) is 0 Å². The molecule has 0 aromatic carbocycles. The SMILES string of the molecule is Brc1ccccn1.Brc1cnnn1-c1ccccn1.C1CNCCN1.c1ccc(-n2ccnn2)nc1.c1ccc(-n2nncc2N2CCNCC2)nc1.c1cn[nH]n1. The van der Waals surface area contributed by atoms with E-state index < -0.39 is 0 Å². The third-order valence-electron chi connectivity index (χ3n) is 7.44. The van der Waals surface area contributed by atoms with Crippen molar-refractivity contribution < 1.29 is 0 Å². The van der Waals surface area contributed by atoms with Crippen LogP contribution in [0.15, 0.2) is 144 Å². The highest BCUT2D eigenvalue weighted by atomic mass is 79.9. The van der Waals surface area contributed by atoms with E-state index in [1.54, 1.807) is 76.0 Å². The molecule has 20 nitrogen and oxygen atoms in total. The highest BCUT2D eigenvalue weighted by Gasteiger charge is 2.16. The molecule has 0 bridgehead atoms. The normalized spacial score (nSPS) is 12.9. The van der Waals surface area contributed by atoms with Crippen molar-refractivity contribution in [2.75, 3.05) is 57.3 Å². The van der Waals surface area contributed by atoms with Gasteiger partial charge in [-0.1, -0.05) is 39.9 Å². The zero-order valence-corrected chi connectivity index (χ0v) is 34.4. The molecule has 4 N–H and O–H groups in total. The number of halogens is 2. The Balaban J connectivity index is 0.000000139. The minimum Gasteiger partial charge on any atom is -0.353 e. The zero-order valence-electron chi connectivity index (χ0n) is 31.3.